The first-order valence-corrected chi connectivity index (χ1v) is 4.89. The third kappa shape index (κ3) is 2.69. The van der Waals surface area contributed by atoms with Crippen molar-refractivity contribution in [2.24, 2.45) is 5.73 Å². The highest BCUT2D eigenvalue weighted by Crippen LogP contribution is 2.08. The third-order valence-electron chi connectivity index (χ3n) is 1.92. The average molecular weight is 227 g/mol. The summed E-state index contributed by atoms with van der Waals surface area (Å²) < 4.78 is 5.02. The number of amides is 1. The van der Waals surface area contributed by atoms with E-state index in [4.69, 9.17) is 22.4 Å². The summed E-state index contributed by atoms with van der Waals surface area (Å²) in [5.74, 6) is 0.280. The van der Waals surface area contributed by atoms with Crippen LogP contribution < -0.4 is 11.2 Å². The van der Waals surface area contributed by atoms with Crippen molar-refractivity contribution >= 4 is 23.2 Å². The van der Waals surface area contributed by atoms with E-state index in [1.165, 1.54) is 11.3 Å². The summed E-state index contributed by atoms with van der Waals surface area (Å²) in [4.78, 5) is 11.7. The van der Waals surface area contributed by atoms with E-state index < -0.39 is 0 Å². The van der Waals surface area contributed by atoms with Crippen LogP contribution in [0, 0.1) is 6.92 Å². The Balaban J connectivity index is 2.71. The van der Waals surface area contributed by atoms with E-state index in [2.05, 4.69) is 5.43 Å². The number of carbonyl (C=O) groups is 1. The molecule has 0 radical (unpaired) electrons. The molecule has 0 spiro atoms. The first-order valence-electron chi connectivity index (χ1n) is 4.48. The lowest BCUT2D eigenvalue weighted by Gasteiger charge is -2.21. The molecule has 0 unspecified atom stereocenters. The number of aryl methyl sites for hydroxylation is 1. The van der Waals surface area contributed by atoms with E-state index in [9.17, 15) is 4.79 Å². The molecule has 1 heterocycles. The Labute approximate surface area is 93.2 Å². The van der Waals surface area contributed by atoms with Crippen LogP contribution in [0.5, 0.6) is 0 Å². The van der Waals surface area contributed by atoms with Gasteiger partial charge in [0, 0.05) is 6.54 Å². The van der Waals surface area contributed by atoms with Gasteiger partial charge in [-0.15, -0.1) is 0 Å². The number of furan rings is 1. The maximum atomic E-state index is 11.7. The molecule has 5 nitrogen and oxygen atoms in total. The molecule has 0 aliphatic heterocycles. The van der Waals surface area contributed by atoms with Gasteiger partial charge in [-0.25, -0.2) is 0 Å². The molecule has 15 heavy (non-hydrogen) atoms. The minimum absolute atomic E-state index is 0.131. The maximum absolute atomic E-state index is 11.7. The smallest absolute Gasteiger partial charge is 0.273 e. The molecule has 0 aliphatic carbocycles. The van der Waals surface area contributed by atoms with Gasteiger partial charge in [0.25, 0.3) is 5.91 Å². The summed E-state index contributed by atoms with van der Waals surface area (Å²) >= 11 is 4.76. The van der Waals surface area contributed by atoms with Crippen LogP contribution in [-0.4, -0.2) is 22.6 Å². The molecule has 1 aromatic heterocycles. The Morgan fingerprint density at radius 2 is 2.40 bits per heavy atom. The molecule has 1 rings (SSSR count). The Morgan fingerprint density at radius 3 is 2.80 bits per heavy atom. The third-order valence-corrected chi connectivity index (χ3v) is 2.14. The molecule has 0 atom stereocenters. The van der Waals surface area contributed by atoms with Gasteiger partial charge in [0.2, 0.25) is 0 Å². The van der Waals surface area contributed by atoms with Crippen LogP contribution in [0.2, 0.25) is 0 Å². The first-order chi connectivity index (χ1) is 7.06. The average Bonchev–Trinajstić information content (AvgIpc) is 2.60. The zero-order valence-corrected chi connectivity index (χ0v) is 9.43. The molecular weight excluding hydrogens is 214 g/mol. The van der Waals surface area contributed by atoms with Crippen molar-refractivity contribution in [2.75, 3.05) is 6.54 Å². The van der Waals surface area contributed by atoms with Gasteiger partial charge in [0.05, 0.1) is 11.8 Å². The van der Waals surface area contributed by atoms with E-state index in [0.29, 0.717) is 17.9 Å². The lowest BCUT2D eigenvalue weighted by Crippen LogP contribution is -2.48. The molecular formula is C9H13N3O2S. The van der Waals surface area contributed by atoms with Crippen LogP contribution in [-0.2, 0) is 0 Å². The van der Waals surface area contributed by atoms with Crippen molar-refractivity contribution in [1.29, 1.82) is 0 Å². The van der Waals surface area contributed by atoms with E-state index in [0.717, 1.165) is 0 Å². The number of hydrogen-bond acceptors (Lipinski definition) is 3. The summed E-state index contributed by atoms with van der Waals surface area (Å²) in [5, 5.41) is 1.52. The van der Waals surface area contributed by atoms with Gasteiger partial charge in [0.1, 0.15) is 5.76 Å². The number of carbonyl (C=O) groups excluding carboxylic acids is 1. The van der Waals surface area contributed by atoms with Crippen LogP contribution in [0.15, 0.2) is 16.7 Å². The van der Waals surface area contributed by atoms with Crippen LogP contribution in [0.4, 0.5) is 0 Å². The van der Waals surface area contributed by atoms with E-state index in [1.54, 1.807) is 13.0 Å². The lowest BCUT2D eigenvalue weighted by molar-refractivity contribution is 0.0873. The van der Waals surface area contributed by atoms with Gasteiger partial charge < -0.3 is 10.2 Å². The number of nitrogens with zero attached hydrogens (tertiary/aromatic N) is 1. The number of nitrogens with two attached hydrogens (primary N) is 1. The molecule has 0 aliphatic rings. The predicted octanol–water partition coefficient (Wildman–Crippen LogP) is 0.798. The van der Waals surface area contributed by atoms with Gasteiger partial charge >= 0.3 is 0 Å². The van der Waals surface area contributed by atoms with Gasteiger partial charge in [-0.05, 0) is 32.1 Å². The second-order valence-corrected chi connectivity index (χ2v) is 3.33. The lowest BCUT2D eigenvalue weighted by atomic mass is 10.2. The molecule has 0 saturated heterocycles. The number of thiocarbonyl (C=S) groups is 1. The summed E-state index contributed by atoms with van der Waals surface area (Å²) in [6.45, 7) is 4.06. The summed E-state index contributed by atoms with van der Waals surface area (Å²) in [7, 11) is 0. The topological polar surface area (TPSA) is 71.5 Å². The monoisotopic (exact) mass is 227 g/mol. The predicted molar refractivity (Wildman–Crippen MR) is 60.1 cm³/mol. The van der Waals surface area contributed by atoms with Crippen LogP contribution in [0.25, 0.3) is 0 Å². The molecule has 6 heteroatoms. The molecule has 0 fully saturated rings. The number of hydrazine groups is 1. The standard InChI is InChI=1S/C9H13N3O2S/c1-3-12(9(10)15)11-8(13)7-4-5-14-6(7)2/h4-5H,3H2,1-2H3,(H2,10,15)(H,11,13). The summed E-state index contributed by atoms with van der Waals surface area (Å²) in [6, 6.07) is 1.60. The Morgan fingerprint density at radius 1 is 1.73 bits per heavy atom. The zero-order chi connectivity index (χ0) is 11.4. The van der Waals surface area contributed by atoms with E-state index in [1.807, 2.05) is 6.92 Å². The Bertz CT molecular complexity index is 375. The molecule has 0 aromatic carbocycles. The van der Waals surface area contributed by atoms with Gasteiger partial charge in [-0.1, -0.05) is 0 Å². The second-order valence-electron chi connectivity index (χ2n) is 2.91. The van der Waals surface area contributed by atoms with Crippen molar-refractivity contribution in [1.82, 2.24) is 10.4 Å². The van der Waals surface area contributed by atoms with E-state index >= 15 is 0 Å². The maximum Gasteiger partial charge on any atom is 0.273 e. The van der Waals surface area contributed by atoms with Crippen molar-refractivity contribution in [2.45, 2.75) is 13.8 Å². The van der Waals surface area contributed by atoms with Gasteiger partial charge in [0.15, 0.2) is 5.11 Å². The largest absolute Gasteiger partial charge is 0.469 e. The minimum Gasteiger partial charge on any atom is -0.469 e. The number of rotatable bonds is 2. The molecule has 0 saturated carbocycles. The van der Waals surface area contributed by atoms with Crippen molar-refractivity contribution in [3.8, 4) is 0 Å². The first kappa shape index (κ1) is 11.5. The summed E-state index contributed by atoms with van der Waals surface area (Å²) in [6.07, 6.45) is 1.46. The summed E-state index contributed by atoms with van der Waals surface area (Å²) in [5.41, 5.74) is 8.46. The highest BCUT2D eigenvalue weighted by Gasteiger charge is 2.14. The zero-order valence-electron chi connectivity index (χ0n) is 8.61. The van der Waals surface area contributed by atoms with Crippen molar-refractivity contribution < 1.29 is 9.21 Å². The fraction of sp³-hybridized carbons (Fsp3) is 0.333. The van der Waals surface area contributed by atoms with Crippen molar-refractivity contribution in [3.63, 3.8) is 0 Å². The molecule has 1 aromatic rings. The fourth-order valence-electron chi connectivity index (χ4n) is 1.09. The highest BCUT2D eigenvalue weighted by molar-refractivity contribution is 7.80. The molecule has 82 valence electrons. The molecule has 0 bridgehead atoms. The SMILES string of the molecule is CCN(NC(=O)c1ccoc1C)C(N)=S. The van der Waals surface area contributed by atoms with Gasteiger partial charge in [-0.2, -0.15) is 0 Å². The molecule has 3 N–H and O–H groups in total. The number of nitrogens with one attached hydrogen (secondary N) is 1. The number of hydrogen-bond donors (Lipinski definition) is 2. The fourth-order valence-corrected chi connectivity index (χ4v) is 1.27. The Hall–Kier alpha value is -1.56. The van der Waals surface area contributed by atoms with E-state index in [-0.39, 0.29) is 11.0 Å². The Kier molecular flexibility index (Phi) is 3.68. The second kappa shape index (κ2) is 4.79. The quantitative estimate of drug-likeness (QED) is 0.577. The normalized spacial score (nSPS) is 9.73. The van der Waals surface area contributed by atoms with Crippen LogP contribution in [0.3, 0.4) is 0 Å². The van der Waals surface area contributed by atoms with Crippen molar-refractivity contribution in [3.05, 3.63) is 23.7 Å². The highest BCUT2D eigenvalue weighted by atomic mass is 32.1. The molecule has 1 amide bonds. The van der Waals surface area contributed by atoms with Gasteiger partial charge in [-0.3, -0.25) is 15.2 Å². The minimum atomic E-state index is -0.282. The van der Waals surface area contributed by atoms with Crippen LogP contribution >= 0.6 is 12.2 Å². The van der Waals surface area contributed by atoms with Crippen LogP contribution in [0.1, 0.15) is 23.0 Å².